The summed E-state index contributed by atoms with van der Waals surface area (Å²) in [6.45, 7) is 1.99. The van der Waals surface area contributed by atoms with Crippen molar-refractivity contribution in [3.05, 3.63) is 0 Å². The first-order chi connectivity index (χ1) is 9.58. The number of carbonyl (C=O) groups is 2. The van der Waals surface area contributed by atoms with Crippen LogP contribution in [-0.4, -0.2) is 36.7 Å². The number of rotatable bonds is 8. The molecular weight excluding hydrogens is 258 g/mol. The molecule has 1 rings (SSSR count). The van der Waals surface area contributed by atoms with Crippen LogP contribution in [0, 0.1) is 11.8 Å². The Morgan fingerprint density at radius 2 is 1.95 bits per heavy atom. The highest BCUT2D eigenvalue weighted by atomic mass is 16.5. The lowest BCUT2D eigenvalue weighted by molar-refractivity contribution is -0.144. The lowest BCUT2D eigenvalue weighted by Crippen LogP contribution is -2.46. The summed E-state index contributed by atoms with van der Waals surface area (Å²) in [7, 11) is 1.43. The molecule has 5 heteroatoms. The molecule has 0 aromatic heterocycles. The van der Waals surface area contributed by atoms with Crippen molar-refractivity contribution in [3.63, 3.8) is 0 Å². The van der Waals surface area contributed by atoms with Gasteiger partial charge in [0.1, 0.15) is 0 Å². The molecule has 2 unspecified atom stereocenters. The molecule has 0 aromatic carbocycles. The van der Waals surface area contributed by atoms with E-state index in [-0.39, 0.29) is 18.4 Å². The van der Waals surface area contributed by atoms with E-state index in [0.29, 0.717) is 5.92 Å². The van der Waals surface area contributed by atoms with Gasteiger partial charge in [-0.05, 0) is 18.8 Å². The number of nitrogens with one attached hydrogen (secondary N) is 1. The van der Waals surface area contributed by atoms with Crippen LogP contribution in [0.2, 0.25) is 0 Å². The predicted octanol–water partition coefficient (Wildman–Crippen LogP) is 2.20. The second-order valence-corrected chi connectivity index (χ2v) is 5.70. The standard InChI is InChI=1S/C15H27NO4/c1-3-12(9-11-7-5-4-6-8-11)14(17)16-13(10-20-2)15(18)19/h11-13H,3-10H2,1-2H3,(H,16,17)(H,18,19). The zero-order valence-corrected chi connectivity index (χ0v) is 12.6. The van der Waals surface area contributed by atoms with E-state index < -0.39 is 12.0 Å². The molecule has 0 aliphatic heterocycles. The van der Waals surface area contributed by atoms with Crippen LogP contribution in [0.1, 0.15) is 51.9 Å². The minimum absolute atomic E-state index is 0.000929. The minimum atomic E-state index is -1.05. The first-order valence-corrected chi connectivity index (χ1v) is 7.60. The summed E-state index contributed by atoms with van der Waals surface area (Å²) in [5.41, 5.74) is 0. The van der Waals surface area contributed by atoms with Gasteiger partial charge in [0.15, 0.2) is 6.04 Å². The van der Waals surface area contributed by atoms with Gasteiger partial charge >= 0.3 is 5.97 Å². The van der Waals surface area contributed by atoms with Crippen molar-refractivity contribution >= 4 is 11.9 Å². The molecule has 5 nitrogen and oxygen atoms in total. The lowest BCUT2D eigenvalue weighted by atomic mass is 9.81. The van der Waals surface area contributed by atoms with Gasteiger partial charge in [-0.2, -0.15) is 0 Å². The second kappa shape index (κ2) is 8.95. The summed E-state index contributed by atoms with van der Waals surface area (Å²) in [5, 5.41) is 11.6. The highest BCUT2D eigenvalue weighted by Crippen LogP contribution is 2.30. The van der Waals surface area contributed by atoms with Gasteiger partial charge in [-0.15, -0.1) is 0 Å². The average molecular weight is 285 g/mol. The van der Waals surface area contributed by atoms with Crippen molar-refractivity contribution in [2.24, 2.45) is 11.8 Å². The van der Waals surface area contributed by atoms with Gasteiger partial charge in [-0.1, -0.05) is 39.0 Å². The Hall–Kier alpha value is -1.10. The molecule has 116 valence electrons. The topological polar surface area (TPSA) is 75.6 Å². The summed E-state index contributed by atoms with van der Waals surface area (Å²) >= 11 is 0. The van der Waals surface area contributed by atoms with Crippen LogP contribution in [0.3, 0.4) is 0 Å². The molecule has 0 aromatic rings. The van der Waals surface area contributed by atoms with Crippen molar-refractivity contribution in [1.82, 2.24) is 5.32 Å². The van der Waals surface area contributed by atoms with Gasteiger partial charge in [0.05, 0.1) is 6.61 Å². The Morgan fingerprint density at radius 3 is 2.45 bits per heavy atom. The zero-order valence-electron chi connectivity index (χ0n) is 12.6. The smallest absolute Gasteiger partial charge is 0.328 e. The largest absolute Gasteiger partial charge is 0.480 e. The number of hydrogen-bond acceptors (Lipinski definition) is 3. The quantitative estimate of drug-likeness (QED) is 0.717. The molecule has 1 fully saturated rings. The van der Waals surface area contributed by atoms with Gasteiger partial charge in [0, 0.05) is 13.0 Å². The van der Waals surface area contributed by atoms with Crippen LogP contribution in [0.5, 0.6) is 0 Å². The monoisotopic (exact) mass is 285 g/mol. The Kier molecular flexibility index (Phi) is 7.59. The van der Waals surface area contributed by atoms with Crippen LogP contribution in [0.4, 0.5) is 0 Å². The van der Waals surface area contributed by atoms with Crippen LogP contribution in [-0.2, 0) is 14.3 Å². The third-order valence-corrected chi connectivity index (χ3v) is 4.15. The molecule has 1 amide bonds. The number of carboxylic acids is 1. The van der Waals surface area contributed by atoms with Crippen molar-refractivity contribution in [2.75, 3.05) is 13.7 Å². The summed E-state index contributed by atoms with van der Waals surface area (Å²) in [4.78, 5) is 23.2. The van der Waals surface area contributed by atoms with Gasteiger partial charge in [0.2, 0.25) is 5.91 Å². The average Bonchev–Trinajstić information content (AvgIpc) is 2.45. The normalized spacial score (nSPS) is 19.3. The molecule has 0 radical (unpaired) electrons. The lowest BCUT2D eigenvalue weighted by Gasteiger charge is -2.26. The van der Waals surface area contributed by atoms with Gasteiger partial charge in [0.25, 0.3) is 0 Å². The molecule has 0 spiro atoms. The SMILES string of the molecule is CCC(CC1CCCCC1)C(=O)NC(COC)C(=O)O. The number of ether oxygens (including phenoxy) is 1. The van der Waals surface area contributed by atoms with E-state index in [1.54, 1.807) is 0 Å². The molecule has 2 atom stereocenters. The maximum atomic E-state index is 12.2. The number of carbonyl (C=O) groups excluding carboxylic acids is 1. The van der Waals surface area contributed by atoms with E-state index in [2.05, 4.69) is 5.32 Å². The van der Waals surface area contributed by atoms with Crippen LogP contribution < -0.4 is 5.32 Å². The van der Waals surface area contributed by atoms with Crippen molar-refractivity contribution in [1.29, 1.82) is 0 Å². The molecular formula is C15H27NO4. The number of hydrogen-bond donors (Lipinski definition) is 2. The summed E-state index contributed by atoms with van der Waals surface area (Å²) in [5.74, 6) is -0.669. The molecule has 1 aliphatic rings. The number of aliphatic carboxylic acids is 1. The number of carboxylic acid groups (broad SMARTS) is 1. The maximum absolute atomic E-state index is 12.2. The summed E-state index contributed by atoms with van der Waals surface area (Å²) < 4.78 is 4.83. The third-order valence-electron chi connectivity index (χ3n) is 4.15. The highest BCUT2D eigenvalue weighted by Gasteiger charge is 2.26. The van der Waals surface area contributed by atoms with Crippen LogP contribution >= 0.6 is 0 Å². The Morgan fingerprint density at radius 1 is 1.30 bits per heavy atom. The summed E-state index contributed by atoms with van der Waals surface area (Å²) in [6, 6.07) is -0.951. The molecule has 20 heavy (non-hydrogen) atoms. The minimum Gasteiger partial charge on any atom is -0.480 e. The van der Waals surface area contributed by atoms with Crippen molar-refractivity contribution in [3.8, 4) is 0 Å². The fourth-order valence-corrected chi connectivity index (χ4v) is 2.92. The maximum Gasteiger partial charge on any atom is 0.328 e. The Balaban J connectivity index is 2.49. The fourth-order valence-electron chi connectivity index (χ4n) is 2.92. The third kappa shape index (κ3) is 5.49. The van der Waals surface area contributed by atoms with Crippen molar-refractivity contribution in [2.45, 2.75) is 57.9 Å². The second-order valence-electron chi connectivity index (χ2n) is 5.70. The van der Waals surface area contributed by atoms with Crippen molar-refractivity contribution < 1.29 is 19.4 Å². The van der Waals surface area contributed by atoms with E-state index in [4.69, 9.17) is 9.84 Å². The van der Waals surface area contributed by atoms with E-state index in [1.165, 1.54) is 39.2 Å². The first-order valence-electron chi connectivity index (χ1n) is 7.60. The van der Waals surface area contributed by atoms with E-state index in [1.807, 2.05) is 6.92 Å². The van der Waals surface area contributed by atoms with Gasteiger partial charge < -0.3 is 15.2 Å². The van der Waals surface area contributed by atoms with Gasteiger partial charge in [-0.25, -0.2) is 4.79 Å². The Bertz CT molecular complexity index is 313. The molecule has 1 aliphatic carbocycles. The molecule has 0 bridgehead atoms. The van der Waals surface area contributed by atoms with Crippen LogP contribution in [0.25, 0.3) is 0 Å². The highest BCUT2D eigenvalue weighted by molar-refractivity contribution is 5.85. The summed E-state index contributed by atoms with van der Waals surface area (Å²) in [6.07, 6.45) is 7.83. The number of methoxy groups -OCH3 is 1. The Labute approximate surface area is 121 Å². The van der Waals surface area contributed by atoms with Gasteiger partial charge in [-0.3, -0.25) is 4.79 Å². The molecule has 0 heterocycles. The fraction of sp³-hybridized carbons (Fsp3) is 0.867. The van der Waals surface area contributed by atoms with E-state index >= 15 is 0 Å². The zero-order chi connectivity index (χ0) is 15.0. The first kappa shape index (κ1) is 17.0. The molecule has 1 saturated carbocycles. The van der Waals surface area contributed by atoms with E-state index in [9.17, 15) is 9.59 Å². The number of amides is 1. The molecule has 2 N–H and O–H groups in total. The predicted molar refractivity (Wildman–Crippen MR) is 76.4 cm³/mol. The van der Waals surface area contributed by atoms with E-state index in [0.717, 1.165) is 12.8 Å². The van der Waals surface area contributed by atoms with Crippen LogP contribution in [0.15, 0.2) is 0 Å². The molecule has 0 saturated heterocycles.